The lowest BCUT2D eigenvalue weighted by molar-refractivity contribution is 0.0699. The molecule has 0 saturated carbocycles. The molecule has 1 aromatic carbocycles. The molecule has 2 heterocycles. The highest BCUT2D eigenvalue weighted by Crippen LogP contribution is 2.32. The minimum atomic E-state index is -1.05. The van der Waals surface area contributed by atoms with Gasteiger partial charge in [-0.25, -0.2) is 14.2 Å². The molecule has 3 nitrogen and oxygen atoms in total. The van der Waals surface area contributed by atoms with Crippen LogP contribution in [-0.4, -0.2) is 16.1 Å². The van der Waals surface area contributed by atoms with Gasteiger partial charge in [-0.2, -0.15) is 0 Å². The summed E-state index contributed by atoms with van der Waals surface area (Å²) in [6, 6.07) is 9.13. The molecule has 3 aromatic rings. The van der Waals surface area contributed by atoms with Crippen LogP contribution in [0.3, 0.4) is 0 Å². The molecule has 100 valence electrons. The number of benzene rings is 1. The quantitative estimate of drug-likeness (QED) is 0.735. The smallest absolute Gasteiger partial charge is 0.336 e. The van der Waals surface area contributed by atoms with Crippen molar-refractivity contribution in [2.75, 3.05) is 0 Å². The first-order valence-corrected chi connectivity index (χ1v) is 7.25. The van der Waals surface area contributed by atoms with Crippen molar-refractivity contribution in [3.05, 3.63) is 51.6 Å². The van der Waals surface area contributed by atoms with E-state index in [2.05, 4.69) is 20.9 Å². The molecule has 0 aliphatic rings. The van der Waals surface area contributed by atoms with Gasteiger partial charge in [0.2, 0.25) is 0 Å². The van der Waals surface area contributed by atoms with Crippen molar-refractivity contribution in [1.29, 1.82) is 0 Å². The summed E-state index contributed by atoms with van der Waals surface area (Å²) in [4.78, 5) is 16.5. The average molecular weight is 352 g/mol. The monoisotopic (exact) mass is 351 g/mol. The van der Waals surface area contributed by atoms with Crippen molar-refractivity contribution >= 4 is 44.1 Å². The van der Waals surface area contributed by atoms with E-state index in [9.17, 15) is 14.3 Å². The second kappa shape index (κ2) is 4.96. The van der Waals surface area contributed by atoms with Gasteiger partial charge in [0.1, 0.15) is 5.82 Å². The van der Waals surface area contributed by atoms with Crippen LogP contribution in [0.15, 0.2) is 40.2 Å². The van der Waals surface area contributed by atoms with Crippen LogP contribution in [0.25, 0.3) is 21.5 Å². The average Bonchev–Trinajstić information content (AvgIpc) is 2.83. The van der Waals surface area contributed by atoms with Crippen LogP contribution in [-0.2, 0) is 0 Å². The van der Waals surface area contributed by atoms with Crippen molar-refractivity contribution in [3.8, 4) is 10.6 Å². The van der Waals surface area contributed by atoms with Crippen molar-refractivity contribution < 1.29 is 14.3 Å². The van der Waals surface area contributed by atoms with Gasteiger partial charge in [-0.15, -0.1) is 11.3 Å². The fourth-order valence-electron chi connectivity index (χ4n) is 1.96. The van der Waals surface area contributed by atoms with E-state index in [1.165, 1.54) is 35.6 Å². The molecule has 2 aromatic heterocycles. The number of pyridine rings is 1. The molecule has 20 heavy (non-hydrogen) atoms. The van der Waals surface area contributed by atoms with E-state index in [1.807, 2.05) is 12.1 Å². The van der Waals surface area contributed by atoms with Crippen molar-refractivity contribution in [2.45, 2.75) is 0 Å². The predicted molar refractivity (Wildman–Crippen MR) is 79.7 cm³/mol. The summed E-state index contributed by atoms with van der Waals surface area (Å²) in [5.41, 5.74) is 0.982. The number of hydrogen-bond acceptors (Lipinski definition) is 3. The van der Waals surface area contributed by atoms with E-state index < -0.39 is 11.8 Å². The van der Waals surface area contributed by atoms with Gasteiger partial charge in [0, 0.05) is 11.5 Å². The van der Waals surface area contributed by atoms with Gasteiger partial charge < -0.3 is 5.11 Å². The third-order valence-corrected chi connectivity index (χ3v) is 4.47. The molecule has 0 fully saturated rings. The molecule has 0 unspecified atom stereocenters. The Balaban J connectivity index is 2.32. The van der Waals surface area contributed by atoms with Gasteiger partial charge in [0.15, 0.2) is 0 Å². The molecule has 0 bridgehead atoms. The summed E-state index contributed by atoms with van der Waals surface area (Å²) in [6.45, 7) is 0. The summed E-state index contributed by atoms with van der Waals surface area (Å²) < 4.78 is 14.2. The normalized spacial score (nSPS) is 10.9. The van der Waals surface area contributed by atoms with Crippen LogP contribution in [0.5, 0.6) is 0 Å². The second-order valence-electron chi connectivity index (χ2n) is 4.13. The molecular formula is C14H7BrFNO2S. The van der Waals surface area contributed by atoms with E-state index in [1.54, 1.807) is 0 Å². The predicted octanol–water partition coefficient (Wildman–Crippen LogP) is 4.56. The number of carbonyl (C=O) groups is 1. The number of hydrogen-bond donors (Lipinski definition) is 1. The lowest BCUT2D eigenvalue weighted by atomic mass is 10.1. The molecule has 0 saturated heterocycles. The van der Waals surface area contributed by atoms with Gasteiger partial charge in [-0.3, -0.25) is 0 Å². The van der Waals surface area contributed by atoms with E-state index in [4.69, 9.17) is 0 Å². The minimum absolute atomic E-state index is 0.120. The number of carboxylic acid groups (broad SMARTS) is 1. The topological polar surface area (TPSA) is 50.2 Å². The molecule has 3 rings (SSSR count). The molecule has 0 amide bonds. The standard InChI is InChI=1S/C14H7BrFNO2S/c15-13-4-3-12(20-13)11-6-9(14(18)19)8-2-1-7(16)5-10(8)17-11/h1-6H,(H,18,19). The lowest BCUT2D eigenvalue weighted by Crippen LogP contribution is -2.00. The maximum atomic E-state index is 13.3. The molecule has 0 aliphatic carbocycles. The third-order valence-electron chi connectivity index (χ3n) is 2.83. The van der Waals surface area contributed by atoms with E-state index in [0.29, 0.717) is 16.6 Å². The zero-order chi connectivity index (χ0) is 14.3. The van der Waals surface area contributed by atoms with Gasteiger partial charge in [-0.05, 0) is 46.3 Å². The zero-order valence-corrected chi connectivity index (χ0v) is 12.3. The Morgan fingerprint density at radius 1 is 1.25 bits per heavy atom. The number of fused-ring (bicyclic) bond motifs is 1. The largest absolute Gasteiger partial charge is 0.478 e. The Morgan fingerprint density at radius 3 is 2.70 bits per heavy atom. The van der Waals surface area contributed by atoms with Crippen molar-refractivity contribution in [1.82, 2.24) is 4.98 Å². The molecule has 6 heteroatoms. The highest BCUT2D eigenvalue weighted by atomic mass is 79.9. The maximum Gasteiger partial charge on any atom is 0.336 e. The van der Waals surface area contributed by atoms with Gasteiger partial charge in [-0.1, -0.05) is 0 Å². The second-order valence-corrected chi connectivity index (χ2v) is 6.59. The summed E-state index contributed by atoms with van der Waals surface area (Å²) in [6.07, 6.45) is 0. The number of carboxylic acids is 1. The Hall–Kier alpha value is -1.79. The van der Waals surface area contributed by atoms with Crippen molar-refractivity contribution in [2.24, 2.45) is 0 Å². The number of halogens is 2. The van der Waals surface area contributed by atoms with Gasteiger partial charge in [0.05, 0.1) is 25.4 Å². The first kappa shape index (κ1) is 13.2. The molecule has 0 spiro atoms. The fraction of sp³-hybridized carbons (Fsp3) is 0. The van der Waals surface area contributed by atoms with Crippen LogP contribution >= 0.6 is 27.3 Å². The Bertz CT molecular complexity index is 831. The summed E-state index contributed by atoms with van der Waals surface area (Å²) in [7, 11) is 0. The zero-order valence-electron chi connectivity index (χ0n) is 9.93. The minimum Gasteiger partial charge on any atom is -0.478 e. The third kappa shape index (κ3) is 2.32. The molecule has 1 N–H and O–H groups in total. The number of thiophene rings is 1. The first-order chi connectivity index (χ1) is 9.54. The Labute approximate surface area is 125 Å². The highest BCUT2D eigenvalue weighted by molar-refractivity contribution is 9.11. The fourth-order valence-corrected chi connectivity index (χ4v) is 3.30. The highest BCUT2D eigenvalue weighted by Gasteiger charge is 2.14. The molecule has 0 atom stereocenters. The van der Waals surface area contributed by atoms with Gasteiger partial charge in [0.25, 0.3) is 0 Å². The molecule has 0 aliphatic heterocycles. The lowest BCUT2D eigenvalue weighted by Gasteiger charge is -2.05. The maximum absolute atomic E-state index is 13.3. The summed E-state index contributed by atoms with van der Waals surface area (Å²) >= 11 is 4.79. The summed E-state index contributed by atoms with van der Waals surface area (Å²) in [5, 5.41) is 9.73. The number of aromatic nitrogens is 1. The summed E-state index contributed by atoms with van der Waals surface area (Å²) in [5.74, 6) is -1.49. The Morgan fingerprint density at radius 2 is 2.05 bits per heavy atom. The van der Waals surface area contributed by atoms with Crippen LogP contribution in [0.4, 0.5) is 4.39 Å². The van der Waals surface area contributed by atoms with E-state index in [-0.39, 0.29) is 5.56 Å². The van der Waals surface area contributed by atoms with Crippen LogP contribution < -0.4 is 0 Å². The Kier molecular flexibility index (Phi) is 3.27. The van der Waals surface area contributed by atoms with E-state index in [0.717, 1.165) is 8.66 Å². The SMILES string of the molecule is O=C(O)c1cc(-c2ccc(Br)s2)nc2cc(F)ccc12. The molecule has 0 radical (unpaired) electrons. The number of rotatable bonds is 2. The first-order valence-electron chi connectivity index (χ1n) is 5.64. The van der Waals surface area contributed by atoms with Gasteiger partial charge >= 0.3 is 5.97 Å². The van der Waals surface area contributed by atoms with Crippen molar-refractivity contribution in [3.63, 3.8) is 0 Å². The van der Waals surface area contributed by atoms with Crippen LogP contribution in [0.1, 0.15) is 10.4 Å². The van der Waals surface area contributed by atoms with E-state index >= 15 is 0 Å². The number of aromatic carboxylic acids is 1. The number of nitrogens with zero attached hydrogens (tertiary/aromatic N) is 1. The van der Waals surface area contributed by atoms with Crippen LogP contribution in [0.2, 0.25) is 0 Å². The van der Waals surface area contributed by atoms with Crippen LogP contribution in [0, 0.1) is 5.82 Å². The molecular weight excluding hydrogens is 345 g/mol.